The summed E-state index contributed by atoms with van der Waals surface area (Å²) >= 11 is 0. The number of sulfonamides is 1. The molecule has 3 N–H and O–H groups in total. The van der Waals surface area contributed by atoms with Crippen molar-refractivity contribution < 1.29 is 31.5 Å². The first kappa shape index (κ1) is 19.2. The third-order valence-corrected chi connectivity index (χ3v) is 5.64. The van der Waals surface area contributed by atoms with Gasteiger partial charge in [0.2, 0.25) is 10.0 Å². The number of carboxylic acids is 1. The highest BCUT2D eigenvalue weighted by Gasteiger charge is 2.38. The fraction of sp³-hybridized carbons (Fsp3) is 0.917. The summed E-state index contributed by atoms with van der Waals surface area (Å²) in [6.07, 6.45) is 0.844. The Balaban J connectivity index is 0.000000295. The molecule has 1 atom stereocenters. The van der Waals surface area contributed by atoms with Crippen LogP contribution in [0.1, 0.15) is 38.5 Å². The average Bonchev–Trinajstić information content (AvgIpc) is 2.91. The zero-order valence-electron chi connectivity index (χ0n) is 12.0. The van der Waals surface area contributed by atoms with E-state index in [-0.39, 0.29) is 11.3 Å². The second-order valence-corrected chi connectivity index (χ2v) is 7.41. The van der Waals surface area contributed by atoms with E-state index in [1.54, 1.807) is 0 Å². The lowest BCUT2D eigenvalue weighted by molar-refractivity contribution is -0.192. The molecular weight excluding hydrogens is 325 g/mol. The van der Waals surface area contributed by atoms with Crippen LogP contribution in [-0.2, 0) is 14.8 Å². The second kappa shape index (κ2) is 8.11. The number of hydrogen-bond acceptors (Lipinski definition) is 4. The molecular formula is C12H21F3N2O4S. The Morgan fingerprint density at radius 3 is 2.09 bits per heavy atom. The van der Waals surface area contributed by atoms with Crippen molar-refractivity contribution in [1.29, 1.82) is 0 Å². The lowest BCUT2D eigenvalue weighted by Crippen LogP contribution is -2.42. The lowest BCUT2D eigenvalue weighted by Gasteiger charge is -2.23. The number of aliphatic carboxylic acids is 1. The Kier molecular flexibility index (Phi) is 7.07. The zero-order valence-corrected chi connectivity index (χ0v) is 12.8. The molecule has 1 saturated carbocycles. The molecule has 2 aliphatic rings. The third-order valence-electron chi connectivity index (χ3n) is 3.62. The van der Waals surface area contributed by atoms with Crippen LogP contribution in [0.2, 0.25) is 0 Å². The van der Waals surface area contributed by atoms with Crippen LogP contribution >= 0.6 is 0 Å². The van der Waals surface area contributed by atoms with E-state index in [0.717, 1.165) is 45.2 Å². The van der Waals surface area contributed by atoms with Crippen LogP contribution < -0.4 is 10.0 Å². The number of hydrogen-bond donors (Lipinski definition) is 3. The van der Waals surface area contributed by atoms with E-state index in [1.165, 1.54) is 6.42 Å². The maximum absolute atomic E-state index is 12.0. The molecule has 1 heterocycles. The molecule has 1 saturated heterocycles. The number of rotatable bonds is 3. The third kappa shape index (κ3) is 6.49. The SMILES string of the molecule is O=C(O)C(F)(F)F.O=S(=O)(N[C@@H]1CCNC1)C1CCCCC1. The molecule has 0 aromatic carbocycles. The van der Waals surface area contributed by atoms with Crippen LogP contribution in [0.15, 0.2) is 0 Å². The van der Waals surface area contributed by atoms with Gasteiger partial charge in [-0.3, -0.25) is 0 Å². The molecule has 22 heavy (non-hydrogen) atoms. The average molecular weight is 346 g/mol. The largest absolute Gasteiger partial charge is 0.490 e. The minimum atomic E-state index is -5.08. The van der Waals surface area contributed by atoms with E-state index in [9.17, 15) is 21.6 Å². The quantitative estimate of drug-likeness (QED) is 0.714. The highest BCUT2D eigenvalue weighted by Crippen LogP contribution is 2.23. The van der Waals surface area contributed by atoms with Gasteiger partial charge >= 0.3 is 12.1 Å². The molecule has 0 amide bonds. The first-order valence-electron chi connectivity index (χ1n) is 7.15. The molecule has 0 aromatic rings. The van der Waals surface area contributed by atoms with Crippen LogP contribution in [0, 0.1) is 0 Å². The van der Waals surface area contributed by atoms with Gasteiger partial charge in [-0.15, -0.1) is 0 Å². The fourth-order valence-corrected chi connectivity index (χ4v) is 4.27. The minimum Gasteiger partial charge on any atom is -0.475 e. The van der Waals surface area contributed by atoms with Gasteiger partial charge in [-0.05, 0) is 25.8 Å². The molecule has 2 fully saturated rings. The van der Waals surface area contributed by atoms with E-state index in [2.05, 4.69) is 10.0 Å². The number of halogens is 3. The Morgan fingerprint density at radius 2 is 1.68 bits per heavy atom. The van der Waals surface area contributed by atoms with Gasteiger partial charge in [-0.1, -0.05) is 19.3 Å². The van der Waals surface area contributed by atoms with Crippen molar-refractivity contribution in [1.82, 2.24) is 10.0 Å². The smallest absolute Gasteiger partial charge is 0.475 e. The van der Waals surface area contributed by atoms with Gasteiger partial charge in [0.25, 0.3) is 0 Å². The molecule has 1 aliphatic carbocycles. The van der Waals surface area contributed by atoms with Crippen molar-refractivity contribution in [2.75, 3.05) is 13.1 Å². The fourth-order valence-electron chi connectivity index (χ4n) is 2.46. The van der Waals surface area contributed by atoms with Gasteiger partial charge in [0.05, 0.1) is 5.25 Å². The highest BCUT2D eigenvalue weighted by atomic mass is 32.2. The van der Waals surface area contributed by atoms with Crippen LogP contribution in [-0.4, -0.2) is 50.1 Å². The van der Waals surface area contributed by atoms with Crippen molar-refractivity contribution in [3.63, 3.8) is 0 Å². The summed E-state index contributed by atoms with van der Waals surface area (Å²) in [5, 5.41) is 10.2. The van der Waals surface area contributed by atoms with Crippen LogP contribution in [0.5, 0.6) is 0 Å². The van der Waals surface area contributed by atoms with Crippen molar-refractivity contribution in [3.05, 3.63) is 0 Å². The van der Waals surface area contributed by atoms with E-state index < -0.39 is 22.2 Å². The number of nitrogens with one attached hydrogen (secondary N) is 2. The normalized spacial score (nSPS) is 23.7. The van der Waals surface area contributed by atoms with Gasteiger partial charge in [-0.25, -0.2) is 17.9 Å². The Morgan fingerprint density at radius 1 is 1.14 bits per heavy atom. The summed E-state index contributed by atoms with van der Waals surface area (Å²) in [4.78, 5) is 8.90. The maximum atomic E-state index is 12.0. The number of alkyl halides is 3. The summed E-state index contributed by atoms with van der Waals surface area (Å²) in [6.45, 7) is 1.71. The molecule has 0 unspecified atom stereocenters. The maximum Gasteiger partial charge on any atom is 0.490 e. The highest BCUT2D eigenvalue weighted by molar-refractivity contribution is 7.90. The predicted octanol–water partition coefficient (Wildman–Crippen LogP) is 1.23. The van der Waals surface area contributed by atoms with Crippen LogP contribution in [0.25, 0.3) is 0 Å². The molecule has 1 aliphatic heterocycles. The summed E-state index contributed by atoms with van der Waals surface area (Å²) < 4.78 is 58.6. The zero-order chi connectivity index (χ0) is 16.8. The predicted molar refractivity (Wildman–Crippen MR) is 73.9 cm³/mol. The Labute approximate surface area is 127 Å². The van der Waals surface area contributed by atoms with E-state index in [0.29, 0.717) is 0 Å². The lowest BCUT2D eigenvalue weighted by atomic mass is 10.0. The van der Waals surface area contributed by atoms with Gasteiger partial charge in [0, 0.05) is 12.6 Å². The Bertz CT molecular complexity index is 455. The first-order chi connectivity index (χ1) is 10.1. The van der Waals surface area contributed by atoms with Gasteiger partial charge in [0.1, 0.15) is 0 Å². The van der Waals surface area contributed by atoms with E-state index in [1.807, 2.05) is 0 Å². The minimum absolute atomic E-state index is 0.122. The van der Waals surface area contributed by atoms with Crippen molar-refractivity contribution >= 4 is 16.0 Å². The van der Waals surface area contributed by atoms with E-state index in [4.69, 9.17) is 9.90 Å². The van der Waals surface area contributed by atoms with Crippen LogP contribution in [0.4, 0.5) is 13.2 Å². The molecule has 10 heteroatoms. The van der Waals surface area contributed by atoms with Gasteiger partial charge in [-0.2, -0.15) is 13.2 Å². The summed E-state index contributed by atoms with van der Waals surface area (Å²) in [6, 6.07) is 0.122. The molecule has 0 aromatic heterocycles. The van der Waals surface area contributed by atoms with Gasteiger partial charge in [0.15, 0.2) is 0 Å². The molecule has 0 spiro atoms. The van der Waals surface area contributed by atoms with Crippen molar-refractivity contribution in [2.45, 2.75) is 56.0 Å². The number of carbonyl (C=O) groups is 1. The standard InChI is InChI=1S/C10H20N2O2S.C2HF3O2/c13-15(14,10-4-2-1-3-5-10)12-9-6-7-11-8-9;3-2(4,5)1(6)7/h9-12H,1-8H2;(H,6,7)/t9-;/m1./s1. The topological polar surface area (TPSA) is 95.5 Å². The summed E-state index contributed by atoms with van der Waals surface area (Å²) in [5.74, 6) is -2.76. The van der Waals surface area contributed by atoms with Gasteiger partial charge < -0.3 is 10.4 Å². The molecule has 6 nitrogen and oxygen atoms in total. The summed E-state index contributed by atoms with van der Waals surface area (Å²) in [7, 11) is -3.06. The van der Waals surface area contributed by atoms with Crippen LogP contribution in [0.3, 0.4) is 0 Å². The second-order valence-electron chi connectivity index (χ2n) is 5.42. The Hall–Kier alpha value is -0.870. The molecule has 2 rings (SSSR count). The monoisotopic (exact) mass is 346 g/mol. The number of carboxylic acid groups (broad SMARTS) is 1. The van der Waals surface area contributed by atoms with Crippen molar-refractivity contribution in [2.24, 2.45) is 0 Å². The molecule has 0 radical (unpaired) electrons. The molecule has 130 valence electrons. The first-order valence-corrected chi connectivity index (χ1v) is 8.69. The van der Waals surface area contributed by atoms with Crippen molar-refractivity contribution in [3.8, 4) is 0 Å². The molecule has 0 bridgehead atoms. The summed E-state index contributed by atoms with van der Waals surface area (Å²) in [5.41, 5.74) is 0. The van der Waals surface area contributed by atoms with E-state index >= 15 is 0 Å².